The van der Waals surface area contributed by atoms with Gasteiger partial charge in [-0.2, -0.15) is 11.8 Å². The van der Waals surface area contributed by atoms with Gasteiger partial charge in [-0.1, -0.05) is 26.2 Å². The van der Waals surface area contributed by atoms with Gasteiger partial charge < -0.3 is 22.9 Å². The highest BCUT2D eigenvalue weighted by Crippen LogP contribution is 2.02. The highest BCUT2D eigenvalue weighted by atomic mass is 35.5. The molecule has 0 saturated heterocycles. The number of hydrogen-bond donors (Lipinski definition) is 1. The molecular formula is C11H24ClNO2S. The number of carbonyl (C=O) groups excluding carboxylic acids is 1. The van der Waals surface area contributed by atoms with Gasteiger partial charge in [0.15, 0.2) is 6.04 Å². The molecule has 0 unspecified atom stereocenters. The average molecular weight is 270 g/mol. The van der Waals surface area contributed by atoms with Gasteiger partial charge >= 0.3 is 5.97 Å². The number of esters is 1. The molecule has 0 spiro atoms. The molecule has 0 bridgehead atoms. The first-order chi connectivity index (χ1) is 7.22. The van der Waals surface area contributed by atoms with E-state index >= 15 is 0 Å². The Morgan fingerprint density at radius 3 is 2.62 bits per heavy atom. The molecule has 0 aliphatic heterocycles. The maximum atomic E-state index is 11.4. The first-order valence-electron chi connectivity index (χ1n) is 5.71. The lowest BCUT2D eigenvalue weighted by atomic mass is 10.2. The van der Waals surface area contributed by atoms with Crippen LogP contribution in [0.1, 0.15) is 39.0 Å². The van der Waals surface area contributed by atoms with E-state index in [-0.39, 0.29) is 24.4 Å². The highest BCUT2D eigenvalue weighted by Gasteiger charge is 2.17. The van der Waals surface area contributed by atoms with Gasteiger partial charge in [0.2, 0.25) is 0 Å². The van der Waals surface area contributed by atoms with Crippen LogP contribution in [0.2, 0.25) is 0 Å². The topological polar surface area (TPSA) is 53.9 Å². The first-order valence-corrected chi connectivity index (χ1v) is 7.10. The molecule has 16 heavy (non-hydrogen) atoms. The quantitative estimate of drug-likeness (QED) is 0.409. The van der Waals surface area contributed by atoms with Crippen molar-refractivity contribution in [1.82, 2.24) is 0 Å². The molecule has 1 atom stereocenters. The van der Waals surface area contributed by atoms with E-state index in [2.05, 4.69) is 12.7 Å². The molecule has 3 N–H and O–H groups in total. The van der Waals surface area contributed by atoms with Crippen LogP contribution in [0, 0.1) is 0 Å². The van der Waals surface area contributed by atoms with E-state index < -0.39 is 0 Å². The summed E-state index contributed by atoms with van der Waals surface area (Å²) in [6.07, 6.45) is 7.40. The molecule has 0 aromatic rings. The lowest BCUT2D eigenvalue weighted by Gasteiger charge is -2.08. The minimum absolute atomic E-state index is 0. The summed E-state index contributed by atoms with van der Waals surface area (Å²) in [5, 5.41) is 0. The zero-order valence-electron chi connectivity index (χ0n) is 10.3. The standard InChI is InChI=1S/C11H23NO2S.ClH/c1-3-4-5-6-8-14-11(13)10(12)7-9-15-2;/h10H,3-9,12H2,1-2H3;1H/t10-;/m1./s1. The fraction of sp³-hybridized carbons (Fsp3) is 0.909. The van der Waals surface area contributed by atoms with Crippen LogP contribution in [-0.4, -0.2) is 30.6 Å². The lowest BCUT2D eigenvalue weighted by Crippen LogP contribution is -3.00. The maximum Gasteiger partial charge on any atom is 0.364 e. The van der Waals surface area contributed by atoms with Crippen LogP contribution >= 0.6 is 11.8 Å². The van der Waals surface area contributed by atoms with Crippen molar-refractivity contribution in [2.45, 2.75) is 45.1 Å². The van der Waals surface area contributed by atoms with E-state index in [1.54, 1.807) is 11.8 Å². The van der Waals surface area contributed by atoms with Crippen LogP contribution in [0.4, 0.5) is 0 Å². The molecule has 0 aliphatic carbocycles. The molecular weight excluding hydrogens is 246 g/mol. The summed E-state index contributed by atoms with van der Waals surface area (Å²) in [7, 11) is 0. The van der Waals surface area contributed by atoms with E-state index in [1.165, 1.54) is 12.8 Å². The predicted octanol–water partition coefficient (Wildman–Crippen LogP) is -1.52. The maximum absolute atomic E-state index is 11.4. The second-order valence-electron chi connectivity index (χ2n) is 3.71. The van der Waals surface area contributed by atoms with Gasteiger partial charge in [-0.15, -0.1) is 0 Å². The summed E-state index contributed by atoms with van der Waals surface area (Å²) >= 11 is 1.73. The van der Waals surface area contributed by atoms with Crippen molar-refractivity contribution in [1.29, 1.82) is 0 Å². The van der Waals surface area contributed by atoms with Crippen LogP contribution in [0.3, 0.4) is 0 Å². The molecule has 3 nitrogen and oxygen atoms in total. The van der Waals surface area contributed by atoms with Gasteiger partial charge in [-0.3, -0.25) is 0 Å². The van der Waals surface area contributed by atoms with Gasteiger partial charge in [0.05, 0.1) is 6.61 Å². The number of carbonyl (C=O) groups is 1. The number of quaternary nitrogens is 1. The van der Waals surface area contributed by atoms with Crippen LogP contribution in [-0.2, 0) is 9.53 Å². The monoisotopic (exact) mass is 269 g/mol. The number of hydrogen-bond acceptors (Lipinski definition) is 3. The average Bonchev–Trinajstić information content (AvgIpc) is 2.25. The van der Waals surface area contributed by atoms with Crippen LogP contribution in [0.5, 0.6) is 0 Å². The SMILES string of the molecule is CCCCCCOC(=O)[C@H]([NH3+])CCSC.[Cl-]. The first kappa shape index (κ1) is 18.4. The van der Waals surface area contributed by atoms with Crippen molar-refractivity contribution in [2.75, 3.05) is 18.6 Å². The van der Waals surface area contributed by atoms with Gasteiger partial charge in [-0.05, 0) is 18.4 Å². The summed E-state index contributed by atoms with van der Waals surface area (Å²) < 4.78 is 5.14. The third kappa shape index (κ3) is 10.6. The third-order valence-electron chi connectivity index (χ3n) is 2.25. The minimum atomic E-state index is -0.191. The number of ether oxygens (including phenoxy) is 1. The van der Waals surface area contributed by atoms with E-state index in [1.807, 2.05) is 6.26 Å². The Bertz CT molecular complexity index is 170. The molecule has 0 aromatic carbocycles. The molecule has 0 rings (SSSR count). The Morgan fingerprint density at radius 1 is 1.38 bits per heavy atom. The molecule has 0 amide bonds. The normalized spacial score (nSPS) is 11.7. The third-order valence-corrected chi connectivity index (χ3v) is 2.89. The summed E-state index contributed by atoms with van der Waals surface area (Å²) in [5.41, 5.74) is 3.80. The Morgan fingerprint density at radius 2 is 2.06 bits per heavy atom. The molecule has 0 fully saturated rings. The summed E-state index contributed by atoms with van der Waals surface area (Å²) in [5.74, 6) is 0.833. The molecule has 0 aliphatic rings. The second-order valence-corrected chi connectivity index (χ2v) is 4.69. The van der Waals surface area contributed by atoms with Crippen molar-refractivity contribution in [3.8, 4) is 0 Å². The number of halogens is 1. The number of thioether (sulfide) groups is 1. The second kappa shape index (κ2) is 13.1. The molecule has 0 radical (unpaired) electrons. The molecule has 0 saturated carbocycles. The summed E-state index contributed by atoms with van der Waals surface area (Å²) in [4.78, 5) is 11.4. The Labute approximate surface area is 109 Å². The van der Waals surface area contributed by atoms with E-state index in [9.17, 15) is 4.79 Å². The van der Waals surface area contributed by atoms with Gasteiger partial charge in [0, 0.05) is 6.42 Å². The summed E-state index contributed by atoms with van der Waals surface area (Å²) in [6.45, 7) is 2.73. The predicted molar refractivity (Wildman–Crippen MR) is 64.8 cm³/mol. The van der Waals surface area contributed by atoms with Crippen molar-refractivity contribution in [3.05, 3.63) is 0 Å². The lowest BCUT2D eigenvalue weighted by molar-refractivity contribution is -0.408. The smallest absolute Gasteiger partial charge is 0.364 e. The van der Waals surface area contributed by atoms with E-state index in [4.69, 9.17) is 4.74 Å². The van der Waals surface area contributed by atoms with Gasteiger partial charge in [0.25, 0.3) is 0 Å². The fourth-order valence-electron chi connectivity index (χ4n) is 1.20. The van der Waals surface area contributed by atoms with Crippen LogP contribution in [0.15, 0.2) is 0 Å². The summed E-state index contributed by atoms with van der Waals surface area (Å²) in [6, 6.07) is -0.191. The Kier molecular flexibility index (Phi) is 15.1. The van der Waals surface area contributed by atoms with Crippen LogP contribution in [0.25, 0.3) is 0 Å². The minimum Gasteiger partial charge on any atom is -1.00 e. The highest BCUT2D eigenvalue weighted by molar-refractivity contribution is 7.98. The van der Waals surface area contributed by atoms with Crippen molar-refractivity contribution < 1.29 is 27.7 Å². The van der Waals surface area contributed by atoms with Gasteiger partial charge in [0.1, 0.15) is 0 Å². The Hall–Kier alpha value is 0.0700. The zero-order chi connectivity index (χ0) is 11.5. The molecule has 98 valence electrons. The number of rotatable bonds is 9. The van der Waals surface area contributed by atoms with Crippen molar-refractivity contribution in [3.63, 3.8) is 0 Å². The molecule has 5 heteroatoms. The van der Waals surface area contributed by atoms with Gasteiger partial charge in [-0.25, -0.2) is 4.79 Å². The number of unbranched alkanes of at least 4 members (excludes halogenated alkanes) is 3. The largest absolute Gasteiger partial charge is 1.00 e. The van der Waals surface area contributed by atoms with Crippen molar-refractivity contribution >= 4 is 17.7 Å². The molecule has 0 heterocycles. The van der Waals surface area contributed by atoms with Crippen molar-refractivity contribution in [2.24, 2.45) is 0 Å². The fourth-order valence-corrected chi connectivity index (χ4v) is 1.72. The molecule has 0 aromatic heterocycles. The van der Waals surface area contributed by atoms with E-state index in [0.29, 0.717) is 6.61 Å². The van der Waals surface area contributed by atoms with Crippen LogP contribution < -0.4 is 18.1 Å². The van der Waals surface area contributed by atoms with E-state index in [0.717, 1.165) is 25.0 Å². The Balaban J connectivity index is 0. The zero-order valence-corrected chi connectivity index (χ0v) is 11.9.